The van der Waals surface area contributed by atoms with Crippen LogP contribution in [0.25, 0.3) is 0 Å². The summed E-state index contributed by atoms with van der Waals surface area (Å²) in [6.45, 7) is 11.8. The number of hydrogen-bond donors (Lipinski definition) is 4. The smallest absolute Gasteiger partial charge is 0.367 e. The molecule has 182 valence electrons. The Morgan fingerprint density at radius 2 is 1.94 bits per heavy atom. The molecular weight excluding hydrogens is 470 g/mol. The third kappa shape index (κ3) is 4.80. The summed E-state index contributed by atoms with van der Waals surface area (Å²) in [5.74, 6) is 1.23. The first-order valence-corrected chi connectivity index (χ1v) is 12.9. The van der Waals surface area contributed by atoms with Crippen molar-refractivity contribution in [3.05, 3.63) is 33.4 Å². The fourth-order valence-corrected chi connectivity index (χ4v) is 6.20. The van der Waals surface area contributed by atoms with Crippen LogP contribution in [0, 0.1) is 24.7 Å². The Kier molecular flexibility index (Phi) is 7.24. The summed E-state index contributed by atoms with van der Waals surface area (Å²) in [4.78, 5) is 12.3. The van der Waals surface area contributed by atoms with E-state index in [1.165, 1.54) is 9.69 Å². The Hall–Kier alpha value is -2.77. The summed E-state index contributed by atoms with van der Waals surface area (Å²) in [5.41, 5.74) is 1.12. The fraction of sp³-hybridized carbons (Fsp3) is 0.500. The highest BCUT2D eigenvalue weighted by atomic mass is 32.2. The van der Waals surface area contributed by atoms with Gasteiger partial charge in [0, 0.05) is 18.5 Å². The van der Waals surface area contributed by atoms with Crippen molar-refractivity contribution in [1.82, 2.24) is 9.46 Å². The molecule has 3 aromatic rings. The van der Waals surface area contributed by atoms with Crippen LogP contribution in [0.15, 0.2) is 24.7 Å². The van der Waals surface area contributed by atoms with Crippen molar-refractivity contribution in [3.63, 3.8) is 0 Å². The van der Waals surface area contributed by atoms with Crippen LogP contribution >= 0.6 is 11.3 Å². The van der Waals surface area contributed by atoms with E-state index in [0.717, 1.165) is 22.7 Å². The van der Waals surface area contributed by atoms with E-state index in [1.54, 1.807) is 13.8 Å². The molecule has 33 heavy (non-hydrogen) atoms. The first kappa shape index (κ1) is 24.9. The van der Waals surface area contributed by atoms with Crippen LogP contribution in [-0.4, -0.2) is 36.1 Å². The summed E-state index contributed by atoms with van der Waals surface area (Å²) < 4.78 is 37.7. The van der Waals surface area contributed by atoms with Gasteiger partial charge in [-0.3, -0.25) is 5.32 Å². The highest BCUT2D eigenvalue weighted by Crippen LogP contribution is 2.41. The molecular formula is C20H30N5O6S2+. The van der Waals surface area contributed by atoms with Crippen LogP contribution in [-0.2, 0) is 10.0 Å². The third-order valence-corrected chi connectivity index (χ3v) is 8.91. The van der Waals surface area contributed by atoms with Crippen LogP contribution in [0.2, 0.25) is 0 Å². The molecule has 0 spiro atoms. The zero-order chi connectivity index (χ0) is 24.5. The van der Waals surface area contributed by atoms with Gasteiger partial charge in [0.05, 0.1) is 5.69 Å². The van der Waals surface area contributed by atoms with Crippen LogP contribution in [0.5, 0.6) is 5.75 Å². The Morgan fingerprint density at radius 1 is 1.27 bits per heavy atom. The summed E-state index contributed by atoms with van der Waals surface area (Å²) >= 11 is 0.887. The van der Waals surface area contributed by atoms with Crippen molar-refractivity contribution >= 4 is 38.7 Å². The van der Waals surface area contributed by atoms with Gasteiger partial charge in [-0.05, 0) is 36.3 Å². The lowest BCUT2D eigenvalue weighted by molar-refractivity contribution is -0.701. The van der Waals surface area contributed by atoms with Gasteiger partial charge in [0.15, 0.2) is 14.6 Å². The number of aromatic hydroxyl groups is 1. The Morgan fingerprint density at radius 3 is 2.48 bits per heavy atom. The van der Waals surface area contributed by atoms with E-state index in [4.69, 9.17) is 9.05 Å². The van der Waals surface area contributed by atoms with Crippen molar-refractivity contribution in [2.24, 2.45) is 5.92 Å². The SMILES string of the molecule is CCN(CC)S(=O)(=O)c1scc(Nc2[nH]o[n+](=O)c2N[C@@H](c2cc(C)c(C)o2)C(C)C)c1O. The number of rotatable bonds is 10. The molecule has 11 nitrogen and oxygen atoms in total. The maximum atomic E-state index is 12.8. The number of furan rings is 1. The number of aryl methyl sites for hydroxylation is 2. The molecule has 3 rings (SSSR count). The van der Waals surface area contributed by atoms with E-state index in [-0.39, 0.29) is 51.2 Å². The van der Waals surface area contributed by atoms with Crippen molar-refractivity contribution in [2.75, 3.05) is 23.7 Å². The number of hydrogen-bond acceptors (Lipinski definition) is 9. The molecule has 1 atom stereocenters. The quantitative estimate of drug-likeness (QED) is 0.326. The molecule has 0 amide bonds. The number of H-pyrrole nitrogens is 1. The minimum atomic E-state index is -3.84. The van der Waals surface area contributed by atoms with Crippen molar-refractivity contribution in [2.45, 2.75) is 51.8 Å². The van der Waals surface area contributed by atoms with Gasteiger partial charge in [-0.15, -0.1) is 16.0 Å². The Balaban J connectivity index is 1.92. The molecule has 13 heteroatoms. The van der Waals surface area contributed by atoms with Crippen LogP contribution in [0.4, 0.5) is 17.3 Å². The van der Waals surface area contributed by atoms with Gasteiger partial charge in [0.1, 0.15) is 17.6 Å². The van der Waals surface area contributed by atoms with Crippen molar-refractivity contribution < 1.29 is 27.2 Å². The first-order chi connectivity index (χ1) is 15.5. The van der Waals surface area contributed by atoms with Gasteiger partial charge in [-0.25, -0.2) is 8.42 Å². The monoisotopic (exact) mass is 500 g/mol. The van der Waals surface area contributed by atoms with Gasteiger partial charge in [-0.2, -0.15) is 4.31 Å². The predicted molar refractivity (Wildman–Crippen MR) is 125 cm³/mol. The minimum absolute atomic E-state index is 0.0270. The zero-order valence-corrected chi connectivity index (χ0v) is 21.1. The van der Waals surface area contributed by atoms with Gasteiger partial charge >= 0.3 is 5.82 Å². The third-order valence-electron chi connectivity index (χ3n) is 5.37. The molecule has 0 saturated carbocycles. The largest absolute Gasteiger partial charge is 0.504 e. The molecule has 3 heterocycles. The van der Waals surface area contributed by atoms with Crippen LogP contribution in [0.1, 0.15) is 50.8 Å². The minimum Gasteiger partial charge on any atom is -0.504 e. The topological polar surface area (TPSA) is 147 Å². The molecule has 0 bridgehead atoms. The lowest BCUT2D eigenvalue weighted by atomic mass is 10.0. The number of anilines is 3. The fourth-order valence-electron chi connectivity index (χ4n) is 3.37. The summed E-state index contributed by atoms with van der Waals surface area (Å²) in [5, 5.41) is 20.5. The molecule has 3 aromatic heterocycles. The number of nitrogens with one attached hydrogen (secondary N) is 3. The molecule has 4 N–H and O–H groups in total. The maximum absolute atomic E-state index is 12.8. The molecule has 0 aliphatic heterocycles. The summed E-state index contributed by atoms with van der Waals surface area (Å²) in [6, 6.07) is 1.56. The molecule has 0 aromatic carbocycles. The van der Waals surface area contributed by atoms with E-state index in [9.17, 15) is 18.4 Å². The lowest BCUT2D eigenvalue weighted by Crippen LogP contribution is -2.30. The van der Waals surface area contributed by atoms with E-state index in [2.05, 4.69) is 15.8 Å². The Labute approximate surface area is 196 Å². The Bertz CT molecular complexity index is 1250. The number of aromatic amines is 1. The zero-order valence-electron chi connectivity index (χ0n) is 19.4. The van der Waals surface area contributed by atoms with E-state index in [0.29, 0.717) is 5.76 Å². The van der Waals surface area contributed by atoms with Gasteiger partial charge in [0.25, 0.3) is 15.8 Å². The highest BCUT2D eigenvalue weighted by Gasteiger charge is 2.32. The second kappa shape index (κ2) is 9.61. The average molecular weight is 501 g/mol. The van der Waals surface area contributed by atoms with E-state index >= 15 is 0 Å². The molecule has 0 unspecified atom stereocenters. The summed E-state index contributed by atoms with van der Waals surface area (Å²) in [6.07, 6.45) is 0. The number of aromatic nitrogens is 2. The lowest BCUT2D eigenvalue weighted by Gasteiger charge is -2.17. The number of nitrogens with zero attached hydrogens (tertiary/aromatic N) is 2. The second-order valence-electron chi connectivity index (χ2n) is 7.93. The molecule has 0 saturated heterocycles. The van der Waals surface area contributed by atoms with Crippen molar-refractivity contribution in [3.8, 4) is 5.75 Å². The highest BCUT2D eigenvalue weighted by molar-refractivity contribution is 7.91. The van der Waals surface area contributed by atoms with Crippen LogP contribution in [0.3, 0.4) is 0 Å². The maximum Gasteiger partial charge on any atom is 0.367 e. The van der Waals surface area contributed by atoms with Crippen LogP contribution < -0.4 is 15.2 Å². The molecule has 0 aliphatic rings. The van der Waals surface area contributed by atoms with Gasteiger partial charge < -0.3 is 14.8 Å². The standard InChI is InChI=1S/C20H29N5O6S2/c1-7-24(8-2)33(28,29)20-17(26)14(10-32-20)21-18-19(25(27)31-23-18)22-16(11(3)4)15-9-12(5)13(6)30-15/h9-11,16,22H,7-8H2,1-6H3,(H2-,21,23,26,27)/p+1/t16-/m1/s1. The molecule has 0 radical (unpaired) electrons. The average Bonchev–Trinajstić information content (AvgIpc) is 3.39. The summed E-state index contributed by atoms with van der Waals surface area (Å²) in [7, 11) is -3.84. The van der Waals surface area contributed by atoms with Crippen molar-refractivity contribution in [1.29, 1.82) is 0 Å². The first-order valence-electron chi connectivity index (χ1n) is 10.6. The van der Waals surface area contributed by atoms with E-state index < -0.39 is 15.8 Å². The number of sulfonamides is 1. The van der Waals surface area contributed by atoms with E-state index in [1.807, 2.05) is 33.8 Å². The molecule has 0 aliphatic carbocycles. The van der Waals surface area contributed by atoms with Gasteiger partial charge in [0.2, 0.25) is 0 Å². The predicted octanol–water partition coefficient (Wildman–Crippen LogP) is 4.08. The number of thiophene rings is 1. The molecule has 0 fully saturated rings. The normalized spacial score (nSPS) is 13.1. The second-order valence-corrected chi connectivity index (χ2v) is 10.9. The van der Waals surface area contributed by atoms with Gasteiger partial charge in [-0.1, -0.05) is 32.9 Å².